The number of hydrogen-bond acceptors (Lipinski definition) is 4. The maximum atomic E-state index is 14.2. The molecule has 0 aliphatic carbocycles. The van der Waals surface area contributed by atoms with Gasteiger partial charge in [-0.3, -0.25) is 4.79 Å². The SMILES string of the molecule is COCc1ccc(C(=O)Nc2ccc(N(C)C(C)C)c(F)c2)o1. The number of amides is 1. The molecule has 0 saturated carbocycles. The number of nitrogens with one attached hydrogen (secondary N) is 1. The zero-order valence-corrected chi connectivity index (χ0v) is 13.7. The second-order valence-electron chi connectivity index (χ2n) is 5.52. The Morgan fingerprint density at radius 1 is 1.35 bits per heavy atom. The second-order valence-corrected chi connectivity index (χ2v) is 5.52. The zero-order chi connectivity index (χ0) is 17.0. The van der Waals surface area contributed by atoms with Gasteiger partial charge in [0.2, 0.25) is 0 Å². The quantitative estimate of drug-likeness (QED) is 0.882. The van der Waals surface area contributed by atoms with Gasteiger partial charge in [-0.15, -0.1) is 0 Å². The number of nitrogens with zero attached hydrogens (tertiary/aromatic N) is 1. The Kier molecular flexibility index (Phi) is 5.39. The first kappa shape index (κ1) is 17.0. The number of carbonyl (C=O) groups excluding carboxylic acids is 1. The minimum absolute atomic E-state index is 0.154. The van der Waals surface area contributed by atoms with Crippen molar-refractivity contribution in [3.05, 3.63) is 47.7 Å². The van der Waals surface area contributed by atoms with E-state index in [-0.39, 0.29) is 18.4 Å². The van der Waals surface area contributed by atoms with E-state index in [2.05, 4.69) is 5.32 Å². The smallest absolute Gasteiger partial charge is 0.291 e. The summed E-state index contributed by atoms with van der Waals surface area (Å²) in [6.07, 6.45) is 0. The molecule has 0 fully saturated rings. The number of anilines is 2. The molecule has 0 spiro atoms. The van der Waals surface area contributed by atoms with Crippen LogP contribution in [0.5, 0.6) is 0 Å². The van der Waals surface area contributed by atoms with Crippen LogP contribution in [0.2, 0.25) is 0 Å². The van der Waals surface area contributed by atoms with E-state index in [4.69, 9.17) is 9.15 Å². The van der Waals surface area contributed by atoms with Crippen molar-refractivity contribution >= 4 is 17.3 Å². The molecule has 5 nitrogen and oxygen atoms in total. The third-order valence-electron chi connectivity index (χ3n) is 3.53. The molecule has 0 radical (unpaired) electrons. The zero-order valence-electron chi connectivity index (χ0n) is 13.7. The minimum Gasteiger partial charge on any atom is -0.453 e. The van der Waals surface area contributed by atoms with E-state index >= 15 is 0 Å². The van der Waals surface area contributed by atoms with Crippen molar-refractivity contribution in [1.29, 1.82) is 0 Å². The number of methoxy groups -OCH3 is 1. The van der Waals surface area contributed by atoms with Crippen molar-refractivity contribution in [3.63, 3.8) is 0 Å². The van der Waals surface area contributed by atoms with Gasteiger partial charge in [0, 0.05) is 25.9 Å². The molecule has 0 saturated heterocycles. The third-order valence-corrected chi connectivity index (χ3v) is 3.53. The van der Waals surface area contributed by atoms with Crippen molar-refractivity contribution in [1.82, 2.24) is 0 Å². The van der Waals surface area contributed by atoms with E-state index in [1.807, 2.05) is 25.8 Å². The van der Waals surface area contributed by atoms with E-state index in [1.54, 1.807) is 31.4 Å². The van der Waals surface area contributed by atoms with Gasteiger partial charge in [-0.1, -0.05) is 0 Å². The molecule has 0 atom stereocenters. The van der Waals surface area contributed by atoms with Gasteiger partial charge in [0.15, 0.2) is 5.76 Å². The Labute approximate surface area is 135 Å². The first-order valence-corrected chi connectivity index (χ1v) is 7.33. The lowest BCUT2D eigenvalue weighted by Gasteiger charge is -2.24. The summed E-state index contributed by atoms with van der Waals surface area (Å²) in [5.74, 6) is -0.117. The van der Waals surface area contributed by atoms with Gasteiger partial charge in [0.1, 0.15) is 18.2 Å². The first-order chi connectivity index (χ1) is 10.9. The number of ether oxygens (including phenoxy) is 1. The molecule has 0 unspecified atom stereocenters. The molecular formula is C17H21FN2O3. The van der Waals surface area contributed by atoms with E-state index in [0.29, 0.717) is 17.1 Å². The Hall–Kier alpha value is -2.34. The van der Waals surface area contributed by atoms with Crippen LogP contribution in [0.25, 0.3) is 0 Å². The highest BCUT2D eigenvalue weighted by Crippen LogP contribution is 2.24. The van der Waals surface area contributed by atoms with Gasteiger partial charge < -0.3 is 19.4 Å². The van der Waals surface area contributed by atoms with Gasteiger partial charge >= 0.3 is 0 Å². The molecule has 124 valence electrons. The highest BCUT2D eigenvalue weighted by Gasteiger charge is 2.14. The van der Waals surface area contributed by atoms with Crippen LogP contribution in [0.3, 0.4) is 0 Å². The number of furan rings is 1. The summed E-state index contributed by atoms with van der Waals surface area (Å²) in [6.45, 7) is 4.24. The average molecular weight is 320 g/mol. The normalized spacial score (nSPS) is 10.9. The van der Waals surface area contributed by atoms with Gasteiger partial charge in [0.05, 0.1) is 5.69 Å². The predicted molar refractivity (Wildman–Crippen MR) is 87.3 cm³/mol. The molecule has 23 heavy (non-hydrogen) atoms. The van der Waals surface area contributed by atoms with Gasteiger partial charge in [-0.05, 0) is 44.2 Å². The lowest BCUT2D eigenvalue weighted by atomic mass is 10.2. The maximum Gasteiger partial charge on any atom is 0.291 e. The molecule has 0 bridgehead atoms. The Morgan fingerprint density at radius 2 is 2.09 bits per heavy atom. The maximum absolute atomic E-state index is 14.2. The van der Waals surface area contributed by atoms with Crippen LogP contribution in [0.1, 0.15) is 30.2 Å². The molecule has 2 rings (SSSR count). The third kappa shape index (κ3) is 4.10. The van der Waals surface area contributed by atoms with Crippen molar-refractivity contribution in [2.24, 2.45) is 0 Å². The number of carbonyl (C=O) groups is 1. The number of halogens is 1. The van der Waals surface area contributed by atoms with Crippen LogP contribution in [-0.4, -0.2) is 26.1 Å². The predicted octanol–water partition coefficient (Wildman–Crippen LogP) is 3.66. The van der Waals surface area contributed by atoms with Crippen molar-refractivity contribution in [2.45, 2.75) is 26.5 Å². The minimum atomic E-state index is -0.434. The fraction of sp³-hybridized carbons (Fsp3) is 0.353. The summed E-state index contributed by atoms with van der Waals surface area (Å²) < 4.78 is 24.5. The summed E-state index contributed by atoms with van der Waals surface area (Å²) in [5, 5.41) is 2.62. The van der Waals surface area contributed by atoms with Crippen LogP contribution < -0.4 is 10.2 Å². The van der Waals surface area contributed by atoms with Gasteiger partial charge in [0.25, 0.3) is 5.91 Å². The molecule has 6 heteroatoms. The first-order valence-electron chi connectivity index (χ1n) is 7.33. The fourth-order valence-corrected chi connectivity index (χ4v) is 2.06. The van der Waals surface area contributed by atoms with Crippen LogP contribution in [0.4, 0.5) is 15.8 Å². The van der Waals surface area contributed by atoms with E-state index in [1.165, 1.54) is 6.07 Å². The summed E-state index contributed by atoms with van der Waals surface area (Å²) in [5.41, 5.74) is 0.858. The molecule has 1 aromatic carbocycles. The highest BCUT2D eigenvalue weighted by atomic mass is 19.1. The van der Waals surface area contributed by atoms with E-state index < -0.39 is 11.7 Å². The summed E-state index contributed by atoms with van der Waals surface area (Å²) in [7, 11) is 3.36. The van der Waals surface area contributed by atoms with Crippen LogP contribution >= 0.6 is 0 Å². The Balaban J connectivity index is 2.10. The van der Waals surface area contributed by atoms with E-state index in [9.17, 15) is 9.18 Å². The number of hydrogen-bond donors (Lipinski definition) is 1. The highest BCUT2D eigenvalue weighted by molar-refractivity contribution is 6.02. The van der Waals surface area contributed by atoms with Crippen LogP contribution in [0.15, 0.2) is 34.7 Å². The molecule has 0 aliphatic heterocycles. The molecule has 1 aromatic heterocycles. The molecule has 1 heterocycles. The van der Waals surface area contributed by atoms with Crippen molar-refractivity contribution < 1.29 is 18.3 Å². The second kappa shape index (κ2) is 7.28. The van der Waals surface area contributed by atoms with Crippen LogP contribution in [0, 0.1) is 5.82 Å². The Morgan fingerprint density at radius 3 is 2.70 bits per heavy atom. The summed E-state index contributed by atoms with van der Waals surface area (Å²) in [4.78, 5) is 13.9. The monoisotopic (exact) mass is 320 g/mol. The van der Waals surface area contributed by atoms with Gasteiger partial charge in [-0.25, -0.2) is 4.39 Å². The lowest BCUT2D eigenvalue weighted by Crippen LogP contribution is -2.26. The van der Waals surface area contributed by atoms with Crippen LogP contribution in [-0.2, 0) is 11.3 Å². The molecular weight excluding hydrogens is 299 g/mol. The largest absolute Gasteiger partial charge is 0.453 e. The molecule has 1 N–H and O–H groups in total. The van der Waals surface area contributed by atoms with E-state index in [0.717, 1.165) is 0 Å². The topological polar surface area (TPSA) is 54.7 Å². The fourth-order valence-electron chi connectivity index (χ4n) is 2.06. The number of benzene rings is 1. The van der Waals surface area contributed by atoms with Gasteiger partial charge in [-0.2, -0.15) is 0 Å². The number of rotatable bonds is 6. The molecule has 2 aromatic rings. The molecule has 0 aliphatic rings. The average Bonchev–Trinajstić information content (AvgIpc) is 2.96. The summed E-state index contributed by atoms with van der Waals surface area (Å²) >= 11 is 0. The summed E-state index contributed by atoms with van der Waals surface area (Å²) in [6, 6.07) is 8.00. The van der Waals surface area contributed by atoms with Crippen molar-refractivity contribution in [2.75, 3.05) is 24.4 Å². The lowest BCUT2D eigenvalue weighted by molar-refractivity contribution is 0.0987. The molecule has 1 amide bonds. The van der Waals surface area contributed by atoms with Crippen molar-refractivity contribution in [3.8, 4) is 0 Å². The standard InChI is InChI=1S/C17H21FN2O3/c1-11(2)20(3)15-7-5-12(9-14(15)18)19-17(21)16-8-6-13(23-16)10-22-4/h5-9,11H,10H2,1-4H3,(H,19,21). The Bertz CT molecular complexity index is 682.